The van der Waals surface area contributed by atoms with Crippen molar-refractivity contribution in [3.63, 3.8) is 0 Å². The molecule has 0 atom stereocenters. The molecule has 1 aromatic carbocycles. The summed E-state index contributed by atoms with van der Waals surface area (Å²) in [5.41, 5.74) is 0. The maximum Gasteiger partial charge on any atom is 0.143 e. The van der Waals surface area contributed by atoms with E-state index in [1.165, 1.54) is 62.4 Å². The summed E-state index contributed by atoms with van der Waals surface area (Å²) >= 11 is 1.43. The second-order valence-corrected chi connectivity index (χ2v) is 6.56. The monoisotopic (exact) mass is 310 g/mol. The molecule has 0 radical (unpaired) electrons. The van der Waals surface area contributed by atoms with E-state index in [1.807, 2.05) is 6.07 Å². The normalized spacial score (nSPS) is 10.8. The van der Waals surface area contributed by atoms with Gasteiger partial charge in [-0.15, -0.1) is 11.8 Å². The number of unbranched alkanes of at least 4 members (excludes halogenated alkanes) is 7. The zero-order valence-electron chi connectivity index (χ0n) is 13.1. The van der Waals surface area contributed by atoms with Gasteiger partial charge in [0.1, 0.15) is 11.6 Å². The summed E-state index contributed by atoms with van der Waals surface area (Å²) in [5, 5.41) is 0. The quantitative estimate of drug-likeness (QED) is 0.347. The van der Waals surface area contributed by atoms with Crippen molar-refractivity contribution in [2.75, 3.05) is 5.75 Å². The van der Waals surface area contributed by atoms with E-state index in [1.54, 1.807) is 6.07 Å². The highest BCUT2D eigenvalue weighted by Crippen LogP contribution is 2.19. The number of Topliss-reactive ketones (excluding diaryl/α,β-unsaturated/α-hetero) is 1. The smallest absolute Gasteiger partial charge is 0.143 e. The lowest BCUT2D eigenvalue weighted by Gasteiger charge is -2.03. The van der Waals surface area contributed by atoms with Gasteiger partial charge in [-0.05, 0) is 24.6 Å². The number of carbonyl (C=O) groups is 1. The molecule has 0 aliphatic rings. The third-order valence-corrected chi connectivity index (χ3v) is 4.56. The van der Waals surface area contributed by atoms with Crippen molar-refractivity contribution in [2.24, 2.45) is 0 Å². The van der Waals surface area contributed by atoms with Crippen LogP contribution in [-0.2, 0) is 4.79 Å². The average molecular weight is 310 g/mol. The summed E-state index contributed by atoms with van der Waals surface area (Å²) in [4.78, 5) is 12.6. The summed E-state index contributed by atoms with van der Waals surface area (Å²) in [6, 6.07) is 6.43. The first-order valence-electron chi connectivity index (χ1n) is 8.12. The van der Waals surface area contributed by atoms with Gasteiger partial charge in [0.05, 0.1) is 5.75 Å². The second-order valence-electron chi connectivity index (χ2n) is 5.51. The molecule has 0 N–H and O–H groups in total. The summed E-state index contributed by atoms with van der Waals surface area (Å²) in [7, 11) is 0. The first-order valence-corrected chi connectivity index (χ1v) is 9.11. The number of hydrogen-bond acceptors (Lipinski definition) is 2. The van der Waals surface area contributed by atoms with Gasteiger partial charge in [0.2, 0.25) is 0 Å². The molecule has 0 unspecified atom stereocenters. The Morgan fingerprint density at radius 2 is 1.71 bits per heavy atom. The van der Waals surface area contributed by atoms with Gasteiger partial charge in [-0.1, -0.05) is 57.9 Å². The van der Waals surface area contributed by atoms with Crippen LogP contribution in [0.5, 0.6) is 0 Å². The van der Waals surface area contributed by atoms with Crippen LogP contribution in [0.25, 0.3) is 0 Å². The molecule has 1 rings (SSSR count). The Kier molecular flexibility index (Phi) is 10.2. The van der Waals surface area contributed by atoms with Crippen LogP contribution in [0.1, 0.15) is 64.7 Å². The van der Waals surface area contributed by atoms with Crippen LogP contribution < -0.4 is 0 Å². The first-order chi connectivity index (χ1) is 10.2. The summed E-state index contributed by atoms with van der Waals surface area (Å²) < 4.78 is 13.0. The fourth-order valence-corrected chi connectivity index (χ4v) is 3.09. The highest BCUT2D eigenvalue weighted by atomic mass is 32.2. The number of hydrogen-bond donors (Lipinski definition) is 0. The molecule has 0 aliphatic carbocycles. The molecule has 0 saturated heterocycles. The molecule has 0 amide bonds. The molecular weight excluding hydrogens is 283 g/mol. The summed E-state index contributed by atoms with van der Waals surface area (Å²) in [5.74, 6) is 0.491. The van der Waals surface area contributed by atoms with E-state index in [2.05, 4.69) is 6.92 Å². The third kappa shape index (κ3) is 9.67. The van der Waals surface area contributed by atoms with Crippen molar-refractivity contribution >= 4 is 17.5 Å². The van der Waals surface area contributed by atoms with Crippen LogP contribution in [0.3, 0.4) is 0 Å². The summed E-state index contributed by atoms with van der Waals surface area (Å²) in [6.45, 7) is 2.23. The van der Waals surface area contributed by atoms with Crippen LogP contribution in [0, 0.1) is 5.82 Å². The van der Waals surface area contributed by atoms with Gasteiger partial charge in [0.15, 0.2) is 0 Å². The molecule has 118 valence electrons. The molecule has 1 nitrogen and oxygen atoms in total. The van der Waals surface area contributed by atoms with Crippen molar-refractivity contribution in [2.45, 2.75) is 69.6 Å². The van der Waals surface area contributed by atoms with Crippen molar-refractivity contribution in [3.05, 3.63) is 30.1 Å². The van der Waals surface area contributed by atoms with Gasteiger partial charge in [0, 0.05) is 11.3 Å². The van der Waals surface area contributed by atoms with Gasteiger partial charge in [-0.2, -0.15) is 0 Å². The fourth-order valence-electron chi connectivity index (χ4n) is 2.25. The zero-order valence-corrected chi connectivity index (χ0v) is 13.9. The highest BCUT2D eigenvalue weighted by molar-refractivity contribution is 8.00. The van der Waals surface area contributed by atoms with Gasteiger partial charge in [0.25, 0.3) is 0 Å². The predicted molar refractivity (Wildman–Crippen MR) is 89.4 cm³/mol. The largest absolute Gasteiger partial charge is 0.299 e. The molecule has 0 spiro atoms. The standard InChI is InChI=1S/C18H27FOS/c1-2-3-4-5-6-7-8-9-12-17(20)15-21-18-13-10-11-16(19)14-18/h10-11,13-14H,2-9,12,15H2,1H3. The molecule has 0 saturated carbocycles. The first kappa shape index (κ1) is 18.2. The molecule has 21 heavy (non-hydrogen) atoms. The van der Waals surface area contributed by atoms with Crippen molar-refractivity contribution in [1.82, 2.24) is 0 Å². The van der Waals surface area contributed by atoms with E-state index in [9.17, 15) is 9.18 Å². The average Bonchev–Trinajstić information content (AvgIpc) is 2.48. The van der Waals surface area contributed by atoms with E-state index in [4.69, 9.17) is 0 Å². The van der Waals surface area contributed by atoms with Crippen LogP contribution in [0.2, 0.25) is 0 Å². The van der Waals surface area contributed by atoms with E-state index >= 15 is 0 Å². The Morgan fingerprint density at radius 1 is 1.05 bits per heavy atom. The fraction of sp³-hybridized carbons (Fsp3) is 0.611. The lowest BCUT2D eigenvalue weighted by Crippen LogP contribution is -2.01. The number of carbonyl (C=O) groups excluding carboxylic acids is 1. The Labute approximate surface area is 132 Å². The van der Waals surface area contributed by atoms with Gasteiger partial charge in [-0.3, -0.25) is 4.79 Å². The van der Waals surface area contributed by atoms with E-state index in [0.29, 0.717) is 12.2 Å². The number of benzene rings is 1. The predicted octanol–water partition coefficient (Wildman–Crippen LogP) is 6.02. The van der Waals surface area contributed by atoms with Crippen molar-refractivity contribution < 1.29 is 9.18 Å². The highest BCUT2D eigenvalue weighted by Gasteiger charge is 2.04. The third-order valence-electron chi connectivity index (χ3n) is 3.51. The maximum atomic E-state index is 13.0. The summed E-state index contributed by atoms with van der Waals surface area (Å²) in [6.07, 6.45) is 10.7. The lowest BCUT2D eigenvalue weighted by atomic mass is 10.1. The minimum Gasteiger partial charge on any atom is -0.299 e. The maximum absolute atomic E-state index is 13.0. The molecule has 0 bridgehead atoms. The Hall–Kier alpha value is -0.830. The number of rotatable bonds is 12. The molecule has 0 aliphatic heterocycles. The van der Waals surface area contributed by atoms with E-state index < -0.39 is 0 Å². The van der Waals surface area contributed by atoms with Gasteiger partial charge >= 0.3 is 0 Å². The lowest BCUT2D eigenvalue weighted by molar-refractivity contribution is -0.116. The molecule has 1 aromatic rings. The second kappa shape index (κ2) is 11.8. The molecule has 0 fully saturated rings. The number of halogens is 1. The Morgan fingerprint density at radius 3 is 2.38 bits per heavy atom. The minimum absolute atomic E-state index is 0.240. The molecule has 0 heterocycles. The molecular formula is C18H27FOS. The van der Waals surface area contributed by atoms with Gasteiger partial charge < -0.3 is 0 Å². The topological polar surface area (TPSA) is 17.1 Å². The Bertz CT molecular complexity index is 406. The van der Waals surface area contributed by atoms with Crippen LogP contribution in [-0.4, -0.2) is 11.5 Å². The number of ketones is 1. The molecule has 3 heteroatoms. The van der Waals surface area contributed by atoms with E-state index in [-0.39, 0.29) is 11.6 Å². The minimum atomic E-state index is -0.240. The molecule has 0 aromatic heterocycles. The Balaban J connectivity index is 1.99. The van der Waals surface area contributed by atoms with Crippen LogP contribution >= 0.6 is 11.8 Å². The number of thioether (sulfide) groups is 1. The van der Waals surface area contributed by atoms with Crippen molar-refractivity contribution in [1.29, 1.82) is 0 Å². The van der Waals surface area contributed by atoms with E-state index in [0.717, 1.165) is 17.7 Å². The van der Waals surface area contributed by atoms with Gasteiger partial charge in [-0.25, -0.2) is 4.39 Å². The van der Waals surface area contributed by atoms with Crippen LogP contribution in [0.4, 0.5) is 4.39 Å². The van der Waals surface area contributed by atoms with Crippen molar-refractivity contribution in [3.8, 4) is 0 Å². The SMILES string of the molecule is CCCCCCCCCCC(=O)CSc1cccc(F)c1. The van der Waals surface area contributed by atoms with Crippen LogP contribution in [0.15, 0.2) is 29.2 Å². The zero-order chi connectivity index (χ0) is 15.3.